The second kappa shape index (κ2) is 7.54. The molecule has 1 unspecified atom stereocenters. The van der Waals surface area contributed by atoms with Gasteiger partial charge in [-0.25, -0.2) is 0 Å². The van der Waals surface area contributed by atoms with E-state index in [0.29, 0.717) is 37.6 Å². The lowest BCUT2D eigenvalue weighted by Crippen LogP contribution is -2.29. The first-order valence-electron chi connectivity index (χ1n) is 7.80. The zero-order chi connectivity index (χ0) is 15.2. The molecule has 0 spiro atoms. The van der Waals surface area contributed by atoms with Crippen LogP contribution in [-0.4, -0.2) is 45.8 Å². The van der Waals surface area contributed by atoms with Gasteiger partial charge in [0, 0.05) is 32.4 Å². The Kier molecular flexibility index (Phi) is 5.73. The summed E-state index contributed by atoms with van der Waals surface area (Å²) in [6, 6.07) is 0. The zero-order valence-corrected chi connectivity index (χ0v) is 12.9. The molecule has 0 bridgehead atoms. The molecule has 6 heteroatoms. The van der Waals surface area contributed by atoms with Crippen LogP contribution in [0, 0.1) is 0 Å². The largest absolute Gasteiger partial charge is 0.393 e. The maximum atomic E-state index is 11.9. The van der Waals surface area contributed by atoms with Gasteiger partial charge in [0.05, 0.1) is 6.10 Å². The van der Waals surface area contributed by atoms with Gasteiger partial charge in [-0.05, 0) is 26.2 Å². The second-order valence-electron chi connectivity index (χ2n) is 5.98. The van der Waals surface area contributed by atoms with E-state index in [1.165, 1.54) is 12.8 Å². The molecule has 1 aliphatic carbocycles. The lowest BCUT2D eigenvalue weighted by atomic mass is 10.1. The molecule has 1 amide bonds. The average Bonchev–Trinajstić information content (AvgIpc) is 3.12. The van der Waals surface area contributed by atoms with Crippen LogP contribution in [0.2, 0.25) is 0 Å². The van der Waals surface area contributed by atoms with Crippen molar-refractivity contribution in [3.63, 3.8) is 0 Å². The van der Waals surface area contributed by atoms with Crippen molar-refractivity contribution >= 4 is 5.91 Å². The van der Waals surface area contributed by atoms with E-state index < -0.39 is 0 Å². The summed E-state index contributed by atoms with van der Waals surface area (Å²) in [6.45, 7) is 2.29. The molecule has 1 fully saturated rings. The Balaban J connectivity index is 1.75. The van der Waals surface area contributed by atoms with Crippen molar-refractivity contribution < 1.29 is 14.4 Å². The topological polar surface area (TPSA) is 79.5 Å². The highest BCUT2D eigenvalue weighted by Gasteiger charge is 2.22. The van der Waals surface area contributed by atoms with Crippen molar-refractivity contribution in [3.05, 3.63) is 11.7 Å². The number of rotatable bonds is 7. The van der Waals surface area contributed by atoms with Crippen LogP contribution < -0.4 is 0 Å². The Labute approximate surface area is 125 Å². The van der Waals surface area contributed by atoms with Gasteiger partial charge in [0.15, 0.2) is 5.82 Å². The van der Waals surface area contributed by atoms with Crippen molar-refractivity contribution in [1.82, 2.24) is 15.0 Å². The fourth-order valence-corrected chi connectivity index (χ4v) is 2.63. The van der Waals surface area contributed by atoms with E-state index in [2.05, 4.69) is 10.1 Å². The highest BCUT2D eigenvalue weighted by molar-refractivity contribution is 5.75. The van der Waals surface area contributed by atoms with Crippen LogP contribution in [0.15, 0.2) is 4.52 Å². The molecule has 1 atom stereocenters. The van der Waals surface area contributed by atoms with Gasteiger partial charge in [-0.2, -0.15) is 4.98 Å². The minimum Gasteiger partial charge on any atom is -0.393 e. The van der Waals surface area contributed by atoms with Gasteiger partial charge >= 0.3 is 0 Å². The van der Waals surface area contributed by atoms with Crippen molar-refractivity contribution in [2.24, 2.45) is 0 Å². The number of aliphatic hydroxyl groups is 1. The van der Waals surface area contributed by atoms with Crippen molar-refractivity contribution in [2.45, 2.75) is 63.9 Å². The minimum absolute atomic E-state index is 0.0382. The predicted molar refractivity (Wildman–Crippen MR) is 77.8 cm³/mol. The van der Waals surface area contributed by atoms with Crippen LogP contribution in [0.3, 0.4) is 0 Å². The van der Waals surface area contributed by atoms with Gasteiger partial charge in [-0.1, -0.05) is 18.0 Å². The molecule has 1 aromatic rings. The first-order chi connectivity index (χ1) is 10.1. The van der Waals surface area contributed by atoms with E-state index in [1.54, 1.807) is 18.9 Å². The summed E-state index contributed by atoms with van der Waals surface area (Å²) >= 11 is 0. The molecule has 0 saturated heterocycles. The third-order valence-corrected chi connectivity index (χ3v) is 4.06. The smallest absolute Gasteiger partial charge is 0.227 e. The van der Waals surface area contributed by atoms with E-state index >= 15 is 0 Å². The summed E-state index contributed by atoms with van der Waals surface area (Å²) in [6.07, 6.45) is 5.81. The number of hydrogen-bond donors (Lipinski definition) is 1. The Morgan fingerprint density at radius 2 is 2.19 bits per heavy atom. The molecular formula is C15H25N3O3. The van der Waals surface area contributed by atoms with Gasteiger partial charge < -0.3 is 14.5 Å². The van der Waals surface area contributed by atoms with Crippen LogP contribution in [0.5, 0.6) is 0 Å². The van der Waals surface area contributed by atoms with Crippen LogP contribution >= 0.6 is 0 Å². The van der Waals surface area contributed by atoms with Crippen molar-refractivity contribution in [3.8, 4) is 0 Å². The van der Waals surface area contributed by atoms with E-state index in [0.717, 1.165) is 18.7 Å². The monoisotopic (exact) mass is 295 g/mol. The third-order valence-electron chi connectivity index (χ3n) is 4.06. The van der Waals surface area contributed by atoms with E-state index in [1.807, 2.05) is 0 Å². The van der Waals surface area contributed by atoms with Gasteiger partial charge in [0.1, 0.15) is 0 Å². The third kappa shape index (κ3) is 4.81. The van der Waals surface area contributed by atoms with Gasteiger partial charge in [0.2, 0.25) is 11.8 Å². The molecule has 1 N–H and O–H groups in total. The average molecular weight is 295 g/mol. The van der Waals surface area contributed by atoms with E-state index in [4.69, 9.17) is 4.52 Å². The van der Waals surface area contributed by atoms with E-state index in [-0.39, 0.29) is 12.0 Å². The lowest BCUT2D eigenvalue weighted by molar-refractivity contribution is -0.130. The zero-order valence-electron chi connectivity index (χ0n) is 12.9. The molecule has 21 heavy (non-hydrogen) atoms. The van der Waals surface area contributed by atoms with E-state index in [9.17, 15) is 9.90 Å². The number of aliphatic hydroxyl groups excluding tert-OH is 1. The van der Waals surface area contributed by atoms with Crippen LogP contribution in [-0.2, 0) is 11.2 Å². The molecule has 1 heterocycles. The minimum atomic E-state index is -0.384. The molecule has 1 saturated carbocycles. The number of hydrogen-bond acceptors (Lipinski definition) is 5. The maximum Gasteiger partial charge on any atom is 0.227 e. The summed E-state index contributed by atoms with van der Waals surface area (Å²) in [5.74, 6) is 1.83. The number of aryl methyl sites for hydroxylation is 1. The Hall–Kier alpha value is -1.43. The normalized spacial score (nSPS) is 17.1. The first-order valence-corrected chi connectivity index (χ1v) is 7.80. The number of aromatic nitrogens is 2. The molecule has 1 aliphatic rings. The number of carbonyl (C=O) groups is 1. The van der Waals surface area contributed by atoms with Crippen LogP contribution in [0.25, 0.3) is 0 Å². The van der Waals surface area contributed by atoms with Crippen molar-refractivity contribution in [2.75, 3.05) is 13.6 Å². The highest BCUT2D eigenvalue weighted by Crippen LogP contribution is 2.32. The molecule has 1 aromatic heterocycles. The predicted octanol–water partition coefficient (Wildman–Crippen LogP) is 1.89. The second-order valence-corrected chi connectivity index (χ2v) is 5.98. The fraction of sp³-hybridized carbons (Fsp3) is 0.800. The van der Waals surface area contributed by atoms with Crippen LogP contribution in [0.4, 0.5) is 0 Å². The molecule has 0 aromatic carbocycles. The number of nitrogens with zero attached hydrogens (tertiary/aromatic N) is 3. The summed E-state index contributed by atoms with van der Waals surface area (Å²) in [5.41, 5.74) is 0. The summed E-state index contributed by atoms with van der Waals surface area (Å²) in [7, 11) is 1.75. The van der Waals surface area contributed by atoms with Gasteiger partial charge in [0.25, 0.3) is 0 Å². The SMILES string of the molecule is CC(O)CCN(C)C(=O)CCc1nc(C2CCCC2)no1. The molecule has 6 nitrogen and oxygen atoms in total. The molecular weight excluding hydrogens is 270 g/mol. The van der Waals surface area contributed by atoms with Crippen molar-refractivity contribution in [1.29, 1.82) is 0 Å². The Morgan fingerprint density at radius 3 is 2.86 bits per heavy atom. The van der Waals surface area contributed by atoms with Gasteiger partial charge in [-0.3, -0.25) is 4.79 Å². The lowest BCUT2D eigenvalue weighted by Gasteiger charge is -2.17. The maximum absolute atomic E-state index is 11.9. The summed E-state index contributed by atoms with van der Waals surface area (Å²) in [4.78, 5) is 18.0. The Bertz CT molecular complexity index is 453. The number of amides is 1. The quantitative estimate of drug-likeness (QED) is 0.831. The first kappa shape index (κ1) is 15.9. The standard InChI is InChI=1S/C15H25N3O3/c1-11(19)9-10-18(2)14(20)8-7-13-16-15(17-21-13)12-5-3-4-6-12/h11-12,19H,3-10H2,1-2H3. The fourth-order valence-electron chi connectivity index (χ4n) is 2.63. The molecule has 0 radical (unpaired) electrons. The summed E-state index contributed by atoms with van der Waals surface area (Å²) < 4.78 is 5.23. The highest BCUT2D eigenvalue weighted by atomic mass is 16.5. The molecule has 118 valence electrons. The summed E-state index contributed by atoms with van der Waals surface area (Å²) in [5, 5.41) is 13.3. The Morgan fingerprint density at radius 1 is 1.48 bits per heavy atom. The van der Waals surface area contributed by atoms with Crippen LogP contribution in [0.1, 0.15) is 63.1 Å². The molecule has 0 aliphatic heterocycles. The molecule has 2 rings (SSSR count). The number of carbonyl (C=O) groups excluding carboxylic acids is 1. The van der Waals surface area contributed by atoms with Gasteiger partial charge in [-0.15, -0.1) is 0 Å².